The largest absolute Gasteiger partial charge is 0.489 e. The Hall–Kier alpha value is -2.21. The molecule has 1 atom stereocenters. The Kier molecular flexibility index (Phi) is 3.69. The summed E-state index contributed by atoms with van der Waals surface area (Å²) in [5.41, 5.74) is 0.833. The minimum Gasteiger partial charge on any atom is -0.489 e. The lowest BCUT2D eigenvalue weighted by Crippen LogP contribution is -2.24. The van der Waals surface area contributed by atoms with E-state index in [4.69, 9.17) is 11.2 Å². The number of carbonyl (C=O) groups is 1. The Labute approximate surface area is 107 Å². The molecular weight excluding hydrogens is 226 g/mol. The van der Waals surface area contributed by atoms with Crippen LogP contribution in [0.2, 0.25) is 0 Å². The van der Waals surface area contributed by atoms with Crippen LogP contribution >= 0.6 is 0 Å². The Morgan fingerprint density at radius 1 is 1.61 bits per heavy atom. The average molecular weight is 241 g/mol. The predicted molar refractivity (Wildman–Crippen MR) is 71.4 cm³/mol. The molecule has 1 fully saturated rings. The molecule has 2 rings (SSSR count). The molecule has 0 aliphatic carbocycles. The second-order valence-electron chi connectivity index (χ2n) is 4.17. The van der Waals surface area contributed by atoms with E-state index in [-0.39, 0.29) is 11.8 Å². The number of terminal acetylenes is 1. The standard InChI is InChI=1S/C15H15NO2/c1-3-8-18-14-7-5-6-13(10-14)16-11-12(4-2)9-15(16)17/h2-3,5-7,10,12H,1,8-9,11H2. The molecule has 3 nitrogen and oxygen atoms in total. The maximum Gasteiger partial charge on any atom is 0.228 e. The van der Waals surface area contributed by atoms with Crippen molar-refractivity contribution >= 4 is 11.6 Å². The number of anilines is 1. The lowest BCUT2D eigenvalue weighted by atomic mass is 10.1. The number of benzene rings is 1. The van der Waals surface area contributed by atoms with Gasteiger partial charge in [0.05, 0.1) is 0 Å². The van der Waals surface area contributed by atoms with Crippen molar-refractivity contribution in [2.75, 3.05) is 18.1 Å². The highest BCUT2D eigenvalue weighted by Crippen LogP contribution is 2.27. The summed E-state index contributed by atoms with van der Waals surface area (Å²) in [6, 6.07) is 7.45. The van der Waals surface area contributed by atoms with Crippen LogP contribution in [0.1, 0.15) is 6.42 Å². The fourth-order valence-corrected chi connectivity index (χ4v) is 1.97. The molecule has 0 spiro atoms. The highest BCUT2D eigenvalue weighted by molar-refractivity contribution is 5.96. The van der Waals surface area contributed by atoms with E-state index < -0.39 is 0 Å². The lowest BCUT2D eigenvalue weighted by molar-refractivity contribution is -0.117. The molecule has 3 heteroatoms. The van der Waals surface area contributed by atoms with Crippen LogP contribution in [0.4, 0.5) is 5.69 Å². The minimum atomic E-state index is 0.00949. The molecule has 1 amide bonds. The van der Waals surface area contributed by atoms with E-state index in [9.17, 15) is 4.79 Å². The normalized spacial score (nSPS) is 18.5. The van der Waals surface area contributed by atoms with E-state index in [0.29, 0.717) is 19.6 Å². The van der Waals surface area contributed by atoms with Gasteiger partial charge in [0.1, 0.15) is 12.4 Å². The Morgan fingerprint density at radius 2 is 2.44 bits per heavy atom. The van der Waals surface area contributed by atoms with Crippen molar-refractivity contribution in [3.05, 3.63) is 36.9 Å². The highest BCUT2D eigenvalue weighted by atomic mass is 16.5. The van der Waals surface area contributed by atoms with Crippen LogP contribution in [-0.2, 0) is 4.79 Å². The number of nitrogens with zero attached hydrogens (tertiary/aromatic N) is 1. The van der Waals surface area contributed by atoms with Crippen molar-refractivity contribution in [3.8, 4) is 18.1 Å². The van der Waals surface area contributed by atoms with Gasteiger partial charge in [-0.15, -0.1) is 12.3 Å². The first kappa shape index (κ1) is 12.3. The van der Waals surface area contributed by atoms with E-state index in [1.165, 1.54) is 0 Å². The molecule has 1 unspecified atom stereocenters. The number of hydrogen-bond donors (Lipinski definition) is 0. The zero-order chi connectivity index (χ0) is 13.0. The number of rotatable bonds is 4. The maximum absolute atomic E-state index is 11.8. The van der Waals surface area contributed by atoms with Gasteiger partial charge in [0, 0.05) is 30.6 Å². The molecule has 1 aromatic rings. The fourth-order valence-electron chi connectivity index (χ4n) is 1.97. The van der Waals surface area contributed by atoms with E-state index in [0.717, 1.165) is 11.4 Å². The zero-order valence-corrected chi connectivity index (χ0v) is 10.1. The number of hydrogen-bond acceptors (Lipinski definition) is 2. The summed E-state index contributed by atoms with van der Waals surface area (Å²) in [6.45, 7) is 4.63. The molecule has 0 bridgehead atoms. The van der Waals surface area contributed by atoms with Crippen LogP contribution in [0, 0.1) is 18.3 Å². The van der Waals surface area contributed by atoms with Gasteiger partial charge in [-0.25, -0.2) is 0 Å². The van der Waals surface area contributed by atoms with Gasteiger partial charge >= 0.3 is 0 Å². The van der Waals surface area contributed by atoms with Crippen molar-refractivity contribution in [1.29, 1.82) is 0 Å². The first-order chi connectivity index (χ1) is 8.74. The van der Waals surface area contributed by atoms with E-state index in [1.807, 2.05) is 24.3 Å². The van der Waals surface area contributed by atoms with Crippen molar-refractivity contribution in [2.24, 2.45) is 5.92 Å². The third-order valence-electron chi connectivity index (χ3n) is 2.86. The summed E-state index contributed by atoms with van der Waals surface area (Å²) in [5, 5.41) is 0. The molecule has 0 saturated carbocycles. The van der Waals surface area contributed by atoms with Crippen LogP contribution in [0.3, 0.4) is 0 Å². The second kappa shape index (κ2) is 5.42. The lowest BCUT2D eigenvalue weighted by Gasteiger charge is -2.16. The van der Waals surface area contributed by atoms with E-state index >= 15 is 0 Å². The monoisotopic (exact) mass is 241 g/mol. The van der Waals surface area contributed by atoms with Crippen LogP contribution in [0.5, 0.6) is 5.75 Å². The molecule has 1 heterocycles. The Morgan fingerprint density at radius 3 is 3.11 bits per heavy atom. The smallest absolute Gasteiger partial charge is 0.228 e. The summed E-state index contributed by atoms with van der Waals surface area (Å²) in [4.78, 5) is 13.6. The van der Waals surface area contributed by atoms with Crippen LogP contribution in [0.25, 0.3) is 0 Å². The minimum absolute atomic E-state index is 0.00949. The highest BCUT2D eigenvalue weighted by Gasteiger charge is 2.29. The van der Waals surface area contributed by atoms with E-state index in [1.54, 1.807) is 11.0 Å². The topological polar surface area (TPSA) is 29.5 Å². The molecular formula is C15H15NO2. The van der Waals surface area contributed by atoms with Crippen molar-refractivity contribution < 1.29 is 9.53 Å². The molecule has 0 N–H and O–H groups in total. The predicted octanol–water partition coefficient (Wildman–Crippen LogP) is 2.24. The average Bonchev–Trinajstić information content (AvgIpc) is 2.78. The molecule has 0 radical (unpaired) electrons. The summed E-state index contributed by atoms with van der Waals surface area (Å²) in [7, 11) is 0. The first-order valence-electron chi connectivity index (χ1n) is 5.85. The first-order valence-corrected chi connectivity index (χ1v) is 5.85. The van der Waals surface area contributed by atoms with Crippen LogP contribution in [0.15, 0.2) is 36.9 Å². The van der Waals surface area contributed by atoms with Gasteiger partial charge in [0.25, 0.3) is 0 Å². The number of amides is 1. The summed E-state index contributed by atoms with van der Waals surface area (Å²) < 4.78 is 5.45. The van der Waals surface area contributed by atoms with Gasteiger partial charge < -0.3 is 9.64 Å². The van der Waals surface area contributed by atoms with Crippen LogP contribution in [-0.4, -0.2) is 19.1 Å². The number of ether oxygens (including phenoxy) is 1. The molecule has 92 valence electrons. The second-order valence-corrected chi connectivity index (χ2v) is 4.17. The zero-order valence-electron chi connectivity index (χ0n) is 10.1. The Bertz CT molecular complexity index is 501. The molecule has 1 aromatic carbocycles. The SMILES string of the molecule is C#CC1CC(=O)N(c2cccc(OCC=C)c2)C1. The molecule has 1 saturated heterocycles. The number of carbonyl (C=O) groups excluding carboxylic acids is 1. The van der Waals surface area contributed by atoms with Crippen molar-refractivity contribution in [1.82, 2.24) is 0 Å². The molecule has 1 aliphatic heterocycles. The van der Waals surface area contributed by atoms with Gasteiger partial charge in [0.2, 0.25) is 5.91 Å². The van der Waals surface area contributed by atoms with Gasteiger partial charge in [0.15, 0.2) is 0 Å². The summed E-state index contributed by atoms with van der Waals surface area (Å²) >= 11 is 0. The quantitative estimate of drug-likeness (QED) is 0.597. The third kappa shape index (κ3) is 2.54. The Balaban J connectivity index is 2.16. The van der Waals surface area contributed by atoms with E-state index in [2.05, 4.69) is 12.5 Å². The summed E-state index contributed by atoms with van der Waals surface area (Å²) in [5.74, 6) is 3.44. The van der Waals surface area contributed by atoms with Crippen molar-refractivity contribution in [3.63, 3.8) is 0 Å². The molecule has 1 aliphatic rings. The van der Waals surface area contributed by atoms with Gasteiger partial charge in [-0.2, -0.15) is 0 Å². The maximum atomic E-state index is 11.8. The van der Waals surface area contributed by atoms with Crippen molar-refractivity contribution in [2.45, 2.75) is 6.42 Å². The molecule has 0 aromatic heterocycles. The van der Waals surface area contributed by atoms with Gasteiger partial charge in [-0.1, -0.05) is 18.7 Å². The third-order valence-corrected chi connectivity index (χ3v) is 2.86. The van der Waals surface area contributed by atoms with Gasteiger partial charge in [-0.3, -0.25) is 4.79 Å². The van der Waals surface area contributed by atoms with Gasteiger partial charge in [-0.05, 0) is 12.1 Å². The van der Waals surface area contributed by atoms with Crippen LogP contribution < -0.4 is 9.64 Å². The molecule has 18 heavy (non-hydrogen) atoms. The fraction of sp³-hybridized carbons (Fsp3) is 0.267. The summed E-state index contributed by atoms with van der Waals surface area (Å²) in [6.07, 6.45) is 7.47.